The van der Waals surface area contributed by atoms with Crippen LogP contribution in [-0.4, -0.2) is 16.3 Å². The van der Waals surface area contributed by atoms with Gasteiger partial charge in [0.1, 0.15) is 12.2 Å². The van der Waals surface area contributed by atoms with Gasteiger partial charge in [0.2, 0.25) is 0 Å². The van der Waals surface area contributed by atoms with Crippen LogP contribution in [0.5, 0.6) is 0 Å². The molecule has 1 aliphatic carbocycles. The molecule has 3 nitrogen and oxygen atoms in total. The maximum atomic E-state index is 9.49. The molecule has 0 bridgehead atoms. The molecular weight excluding hydrogens is 154 g/mol. The highest BCUT2D eigenvalue weighted by atomic mass is 16.3. The summed E-state index contributed by atoms with van der Waals surface area (Å²) in [6.07, 6.45) is -1.68. The lowest BCUT2D eigenvalue weighted by Crippen LogP contribution is -2.24. The van der Waals surface area contributed by atoms with E-state index < -0.39 is 18.2 Å². The standard InChI is InChI=1S/C9H11NO2/c10-7-5-3-1-2-4-6(5)8(11)9(7)12/h1-4,7-9,11-12H,10H2/t7-,8+,9-/m0/s1. The Labute approximate surface area is 70.4 Å². The summed E-state index contributed by atoms with van der Waals surface area (Å²) in [5, 5.41) is 18.9. The number of hydrogen-bond donors (Lipinski definition) is 3. The van der Waals surface area contributed by atoms with Gasteiger partial charge in [-0.3, -0.25) is 0 Å². The van der Waals surface area contributed by atoms with Gasteiger partial charge in [0.15, 0.2) is 0 Å². The average Bonchev–Trinajstić information content (AvgIpc) is 2.33. The lowest BCUT2D eigenvalue weighted by atomic mass is 10.1. The summed E-state index contributed by atoms with van der Waals surface area (Å²) in [5.74, 6) is 0. The van der Waals surface area contributed by atoms with Crippen LogP contribution in [0.1, 0.15) is 23.3 Å². The van der Waals surface area contributed by atoms with Gasteiger partial charge < -0.3 is 15.9 Å². The van der Waals surface area contributed by atoms with E-state index in [0.29, 0.717) is 0 Å². The fourth-order valence-corrected chi connectivity index (χ4v) is 1.65. The number of nitrogens with two attached hydrogens (primary N) is 1. The Morgan fingerprint density at radius 1 is 1.08 bits per heavy atom. The minimum absolute atomic E-state index is 0.448. The van der Waals surface area contributed by atoms with Crippen molar-refractivity contribution in [3.63, 3.8) is 0 Å². The van der Waals surface area contributed by atoms with Crippen molar-refractivity contribution < 1.29 is 10.2 Å². The summed E-state index contributed by atoms with van der Waals surface area (Å²) >= 11 is 0. The zero-order valence-electron chi connectivity index (χ0n) is 6.51. The van der Waals surface area contributed by atoms with E-state index in [2.05, 4.69) is 0 Å². The molecule has 0 saturated heterocycles. The molecule has 64 valence electrons. The first-order valence-electron chi connectivity index (χ1n) is 3.92. The van der Waals surface area contributed by atoms with Crippen LogP contribution in [0.4, 0.5) is 0 Å². The van der Waals surface area contributed by atoms with E-state index in [9.17, 15) is 10.2 Å². The second-order valence-corrected chi connectivity index (χ2v) is 3.09. The molecule has 0 fully saturated rings. The third kappa shape index (κ3) is 0.876. The first-order valence-corrected chi connectivity index (χ1v) is 3.92. The predicted molar refractivity (Wildman–Crippen MR) is 44.3 cm³/mol. The number of benzene rings is 1. The molecule has 1 aromatic rings. The molecule has 2 rings (SSSR count). The molecular formula is C9H11NO2. The highest BCUT2D eigenvalue weighted by Gasteiger charge is 2.35. The first kappa shape index (κ1) is 7.73. The number of rotatable bonds is 0. The summed E-state index contributed by atoms with van der Waals surface area (Å²) < 4.78 is 0. The van der Waals surface area contributed by atoms with Crippen LogP contribution in [0.15, 0.2) is 24.3 Å². The van der Waals surface area contributed by atoms with Gasteiger partial charge in [-0.2, -0.15) is 0 Å². The first-order chi connectivity index (χ1) is 5.72. The van der Waals surface area contributed by atoms with Crippen molar-refractivity contribution in [1.29, 1.82) is 0 Å². The van der Waals surface area contributed by atoms with E-state index in [4.69, 9.17) is 5.73 Å². The zero-order valence-corrected chi connectivity index (χ0v) is 6.51. The lowest BCUT2D eigenvalue weighted by Gasteiger charge is -2.11. The van der Waals surface area contributed by atoms with Crippen LogP contribution in [0.25, 0.3) is 0 Å². The second kappa shape index (κ2) is 2.55. The minimum Gasteiger partial charge on any atom is -0.388 e. The Morgan fingerprint density at radius 2 is 1.67 bits per heavy atom. The largest absolute Gasteiger partial charge is 0.388 e. The number of aliphatic hydroxyl groups excluding tert-OH is 2. The van der Waals surface area contributed by atoms with Gasteiger partial charge in [-0.15, -0.1) is 0 Å². The van der Waals surface area contributed by atoms with E-state index in [0.717, 1.165) is 11.1 Å². The molecule has 0 aliphatic heterocycles. The second-order valence-electron chi connectivity index (χ2n) is 3.09. The van der Waals surface area contributed by atoms with Crippen molar-refractivity contribution >= 4 is 0 Å². The number of hydrogen-bond acceptors (Lipinski definition) is 3. The monoisotopic (exact) mass is 165 g/mol. The molecule has 3 atom stereocenters. The van der Waals surface area contributed by atoms with Gasteiger partial charge >= 0.3 is 0 Å². The van der Waals surface area contributed by atoms with E-state index in [-0.39, 0.29) is 0 Å². The van der Waals surface area contributed by atoms with Crippen molar-refractivity contribution in [3.8, 4) is 0 Å². The van der Waals surface area contributed by atoms with E-state index in [1.807, 2.05) is 18.2 Å². The van der Waals surface area contributed by atoms with Crippen LogP contribution in [0.3, 0.4) is 0 Å². The number of aliphatic hydroxyl groups is 2. The van der Waals surface area contributed by atoms with Gasteiger partial charge in [0.25, 0.3) is 0 Å². The van der Waals surface area contributed by atoms with Crippen LogP contribution in [0, 0.1) is 0 Å². The van der Waals surface area contributed by atoms with E-state index >= 15 is 0 Å². The molecule has 1 aromatic carbocycles. The fourth-order valence-electron chi connectivity index (χ4n) is 1.65. The molecule has 0 aromatic heterocycles. The van der Waals surface area contributed by atoms with Gasteiger partial charge in [0, 0.05) is 0 Å². The summed E-state index contributed by atoms with van der Waals surface area (Å²) in [5.41, 5.74) is 7.26. The lowest BCUT2D eigenvalue weighted by molar-refractivity contribution is 0.0181. The van der Waals surface area contributed by atoms with Crippen molar-refractivity contribution in [2.75, 3.05) is 0 Å². The Hall–Kier alpha value is -0.900. The molecule has 0 heterocycles. The SMILES string of the molecule is N[C@H]1c2ccccc2[C@@H](O)[C@H]1O. The average molecular weight is 165 g/mol. The van der Waals surface area contributed by atoms with Crippen LogP contribution < -0.4 is 5.73 Å². The Bertz CT molecular complexity index is 271. The Morgan fingerprint density at radius 3 is 2.25 bits per heavy atom. The summed E-state index contributed by atoms with van der Waals surface area (Å²) in [4.78, 5) is 0. The highest BCUT2D eigenvalue weighted by molar-refractivity contribution is 5.38. The highest BCUT2D eigenvalue weighted by Crippen LogP contribution is 2.36. The van der Waals surface area contributed by atoms with Crippen molar-refractivity contribution in [2.24, 2.45) is 5.73 Å². The molecule has 1 aliphatic rings. The Balaban J connectivity index is 2.52. The van der Waals surface area contributed by atoms with Crippen molar-refractivity contribution in [1.82, 2.24) is 0 Å². The topological polar surface area (TPSA) is 66.5 Å². The van der Waals surface area contributed by atoms with Crippen molar-refractivity contribution in [3.05, 3.63) is 35.4 Å². The number of fused-ring (bicyclic) bond motifs is 1. The molecule has 0 amide bonds. The predicted octanol–water partition coefficient (Wildman–Crippen LogP) is 0.0943. The molecule has 3 heteroatoms. The maximum Gasteiger partial charge on any atom is 0.107 e. The van der Waals surface area contributed by atoms with Crippen LogP contribution >= 0.6 is 0 Å². The third-order valence-corrected chi connectivity index (χ3v) is 2.37. The fraction of sp³-hybridized carbons (Fsp3) is 0.333. The normalized spacial score (nSPS) is 33.4. The van der Waals surface area contributed by atoms with Crippen LogP contribution in [0.2, 0.25) is 0 Å². The quantitative estimate of drug-likeness (QED) is 0.510. The molecule has 0 unspecified atom stereocenters. The van der Waals surface area contributed by atoms with Crippen molar-refractivity contribution in [2.45, 2.75) is 18.2 Å². The van der Waals surface area contributed by atoms with Gasteiger partial charge in [-0.1, -0.05) is 24.3 Å². The van der Waals surface area contributed by atoms with Gasteiger partial charge in [-0.05, 0) is 11.1 Å². The van der Waals surface area contributed by atoms with Gasteiger partial charge in [-0.25, -0.2) is 0 Å². The molecule has 0 saturated carbocycles. The van der Waals surface area contributed by atoms with Crippen LogP contribution in [-0.2, 0) is 0 Å². The minimum atomic E-state index is -0.859. The van der Waals surface area contributed by atoms with E-state index in [1.165, 1.54) is 0 Å². The van der Waals surface area contributed by atoms with E-state index in [1.54, 1.807) is 6.07 Å². The molecule has 0 radical (unpaired) electrons. The summed E-state index contributed by atoms with van der Waals surface area (Å²) in [7, 11) is 0. The zero-order chi connectivity index (χ0) is 8.72. The third-order valence-electron chi connectivity index (χ3n) is 2.37. The molecule has 0 spiro atoms. The maximum absolute atomic E-state index is 9.49. The molecule has 12 heavy (non-hydrogen) atoms. The summed E-state index contributed by atoms with van der Waals surface area (Å²) in [6, 6.07) is 6.85. The smallest absolute Gasteiger partial charge is 0.107 e. The molecule has 4 N–H and O–H groups in total. The van der Waals surface area contributed by atoms with Gasteiger partial charge in [0.05, 0.1) is 6.04 Å². The summed E-state index contributed by atoms with van der Waals surface area (Å²) in [6.45, 7) is 0. The Kier molecular flexibility index (Phi) is 1.65.